The van der Waals surface area contributed by atoms with Gasteiger partial charge in [0.2, 0.25) is 0 Å². The fraction of sp³-hybridized carbons (Fsp3) is 0.333. The lowest BCUT2D eigenvalue weighted by Gasteiger charge is -2.16. The molecule has 1 aromatic carbocycles. The van der Waals surface area contributed by atoms with Crippen LogP contribution in [0.1, 0.15) is 34.3 Å². The number of aryl methyl sites for hydroxylation is 1. The van der Waals surface area contributed by atoms with E-state index in [0.29, 0.717) is 12.1 Å². The molecule has 3 rings (SSSR count). The average Bonchev–Trinajstić information content (AvgIpc) is 3.10. The maximum atomic E-state index is 12.2. The highest BCUT2D eigenvalue weighted by Crippen LogP contribution is 2.19. The van der Waals surface area contributed by atoms with E-state index in [9.17, 15) is 9.90 Å². The molecule has 0 unspecified atom stereocenters. The molecule has 1 amide bonds. The molecule has 0 aliphatic carbocycles. The summed E-state index contributed by atoms with van der Waals surface area (Å²) in [5, 5.41) is 12.6. The molecule has 23 heavy (non-hydrogen) atoms. The van der Waals surface area contributed by atoms with Gasteiger partial charge in [0, 0.05) is 25.8 Å². The van der Waals surface area contributed by atoms with Crippen LogP contribution >= 0.6 is 0 Å². The van der Waals surface area contributed by atoms with Crippen molar-refractivity contribution in [3.63, 3.8) is 0 Å². The lowest BCUT2D eigenvalue weighted by Crippen LogP contribution is -2.23. The van der Waals surface area contributed by atoms with Gasteiger partial charge in [0.15, 0.2) is 0 Å². The Morgan fingerprint density at radius 3 is 2.74 bits per heavy atom. The Bertz CT molecular complexity index is 692. The molecule has 5 nitrogen and oxygen atoms in total. The number of hydrogen-bond donors (Lipinski definition) is 2. The van der Waals surface area contributed by atoms with Crippen LogP contribution in [0.2, 0.25) is 0 Å². The fourth-order valence-electron chi connectivity index (χ4n) is 2.76. The number of anilines is 1. The molecule has 5 heteroatoms. The average molecular weight is 311 g/mol. The van der Waals surface area contributed by atoms with E-state index in [1.54, 1.807) is 18.3 Å². The molecular weight excluding hydrogens is 290 g/mol. The summed E-state index contributed by atoms with van der Waals surface area (Å²) < 4.78 is 0. The molecule has 2 heterocycles. The van der Waals surface area contributed by atoms with E-state index < -0.39 is 0 Å². The van der Waals surface area contributed by atoms with Crippen molar-refractivity contribution in [3.05, 3.63) is 53.2 Å². The summed E-state index contributed by atoms with van der Waals surface area (Å²) in [7, 11) is 0. The first-order valence-corrected chi connectivity index (χ1v) is 7.91. The highest BCUT2D eigenvalue weighted by atomic mass is 16.3. The normalized spacial score (nSPS) is 14.0. The molecule has 0 radical (unpaired) electrons. The van der Waals surface area contributed by atoms with Crippen LogP contribution in [-0.2, 0) is 6.54 Å². The van der Waals surface area contributed by atoms with Gasteiger partial charge in [0.1, 0.15) is 11.6 Å². The minimum Gasteiger partial charge on any atom is -0.507 e. The number of benzene rings is 1. The summed E-state index contributed by atoms with van der Waals surface area (Å²) in [4.78, 5) is 18.9. The van der Waals surface area contributed by atoms with E-state index in [4.69, 9.17) is 0 Å². The van der Waals surface area contributed by atoms with E-state index in [-0.39, 0.29) is 11.7 Å². The lowest BCUT2D eigenvalue weighted by molar-refractivity contribution is 0.0948. The van der Waals surface area contributed by atoms with Gasteiger partial charge in [-0.1, -0.05) is 17.7 Å². The van der Waals surface area contributed by atoms with Gasteiger partial charge in [0.05, 0.1) is 5.56 Å². The third kappa shape index (κ3) is 3.62. The van der Waals surface area contributed by atoms with Crippen molar-refractivity contribution in [3.8, 4) is 5.75 Å². The number of carbonyl (C=O) groups is 1. The summed E-state index contributed by atoms with van der Waals surface area (Å²) in [5.41, 5.74) is 2.17. The maximum Gasteiger partial charge on any atom is 0.255 e. The number of rotatable bonds is 4. The zero-order valence-corrected chi connectivity index (χ0v) is 13.2. The molecule has 1 aliphatic rings. The second kappa shape index (κ2) is 6.69. The van der Waals surface area contributed by atoms with E-state index in [1.807, 2.05) is 19.1 Å². The van der Waals surface area contributed by atoms with Crippen LogP contribution in [0.4, 0.5) is 5.82 Å². The Balaban J connectivity index is 1.61. The number of hydrogen-bond acceptors (Lipinski definition) is 4. The van der Waals surface area contributed by atoms with Crippen molar-refractivity contribution in [1.82, 2.24) is 10.3 Å². The first kappa shape index (κ1) is 15.3. The summed E-state index contributed by atoms with van der Waals surface area (Å²) in [6, 6.07) is 8.97. The molecule has 1 fully saturated rings. The number of carbonyl (C=O) groups excluding carboxylic acids is 1. The predicted octanol–water partition coefficient (Wildman–Crippen LogP) is 2.63. The zero-order valence-electron chi connectivity index (χ0n) is 13.2. The molecule has 0 bridgehead atoms. The molecule has 0 saturated carbocycles. The molecule has 120 valence electrons. The summed E-state index contributed by atoms with van der Waals surface area (Å²) in [5.74, 6) is 0.708. The number of phenols is 1. The number of pyridine rings is 1. The highest BCUT2D eigenvalue weighted by Gasteiger charge is 2.14. The SMILES string of the molecule is Cc1ccc(O)c(C(=O)NCc2ccc(N3CCCC3)nc2)c1. The van der Waals surface area contributed by atoms with Gasteiger partial charge in [-0.25, -0.2) is 4.98 Å². The zero-order chi connectivity index (χ0) is 16.2. The smallest absolute Gasteiger partial charge is 0.255 e. The second-order valence-electron chi connectivity index (χ2n) is 5.92. The Morgan fingerprint density at radius 2 is 2.04 bits per heavy atom. The van der Waals surface area contributed by atoms with Crippen molar-refractivity contribution >= 4 is 11.7 Å². The summed E-state index contributed by atoms with van der Waals surface area (Å²) in [6.45, 7) is 4.40. The molecule has 1 saturated heterocycles. The molecule has 0 spiro atoms. The first-order chi connectivity index (χ1) is 11.1. The van der Waals surface area contributed by atoms with Crippen LogP contribution in [0.3, 0.4) is 0 Å². The van der Waals surface area contributed by atoms with Crippen LogP contribution in [-0.4, -0.2) is 29.1 Å². The van der Waals surface area contributed by atoms with Crippen LogP contribution in [0.5, 0.6) is 5.75 Å². The Labute approximate surface area is 136 Å². The quantitative estimate of drug-likeness (QED) is 0.911. The molecular formula is C18H21N3O2. The highest BCUT2D eigenvalue weighted by molar-refractivity contribution is 5.96. The van der Waals surface area contributed by atoms with Gasteiger partial charge >= 0.3 is 0 Å². The van der Waals surface area contributed by atoms with Crippen LogP contribution in [0.25, 0.3) is 0 Å². The summed E-state index contributed by atoms with van der Waals surface area (Å²) in [6.07, 6.45) is 4.24. The van der Waals surface area contributed by atoms with Crippen molar-refractivity contribution < 1.29 is 9.90 Å². The van der Waals surface area contributed by atoms with E-state index >= 15 is 0 Å². The standard InChI is InChI=1S/C18H21N3O2/c1-13-4-6-16(22)15(10-13)18(23)20-12-14-5-7-17(19-11-14)21-8-2-3-9-21/h4-7,10-11,22H,2-3,8-9,12H2,1H3,(H,20,23). The minimum atomic E-state index is -0.283. The molecule has 1 aromatic heterocycles. The predicted molar refractivity (Wildman–Crippen MR) is 89.7 cm³/mol. The van der Waals surface area contributed by atoms with Gasteiger partial charge < -0.3 is 15.3 Å². The molecule has 2 N–H and O–H groups in total. The third-order valence-electron chi connectivity index (χ3n) is 4.09. The first-order valence-electron chi connectivity index (χ1n) is 7.91. The molecule has 2 aromatic rings. The third-order valence-corrected chi connectivity index (χ3v) is 4.09. The Morgan fingerprint density at radius 1 is 1.26 bits per heavy atom. The fourth-order valence-corrected chi connectivity index (χ4v) is 2.76. The Hall–Kier alpha value is -2.56. The van der Waals surface area contributed by atoms with Gasteiger partial charge in [-0.05, 0) is 43.5 Å². The van der Waals surface area contributed by atoms with Crippen molar-refractivity contribution in [2.45, 2.75) is 26.3 Å². The van der Waals surface area contributed by atoms with Gasteiger partial charge in [-0.3, -0.25) is 4.79 Å². The van der Waals surface area contributed by atoms with Crippen molar-refractivity contribution in [1.29, 1.82) is 0 Å². The largest absolute Gasteiger partial charge is 0.507 e. The molecule has 1 aliphatic heterocycles. The second-order valence-corrected chi connectivity index (χ2v) is 5.92. The number of nitrogens with one attached hydrogen (secondary N) is 1. The van der Waals surface area contributed by atoms with Crippen molar-refractivity contribution in [2.24, 2.45) is 0 Å². The van der Waals surface area contributed by atoms with Crippen LogP contribution in [0, 0.1) is 6.92 Å². The van der Waals surface area contributed by atoms with Crippen LogP contribution in [0.15, 0.2) is 36.5 Å². The Kier molecular flexibility index (Phi) is 4.46. The lowest BCUT2D eigenvalue weighted by atomic mass is 10.1. The number of nitrogens with zero attached hydrogens (tertiary/aromatic N) is 2. The van der Waals surface area contributed by atoms with E-state index in [0.717, 1.165) is 30.0 Å². The van der Waals surface area contributed by atoms with Gasteiger partial charge in [-0.2, -0.15) is 0 Å². The number of aromatic nitrogens is 1. The topological polar surface area (TPSA) is 65.5 Å². The number of phenolic OH excluding ortho intramolecular Hbond substituents is 1. The van der Waals surface area contributed by atoms with Gasteiger partial charge in [-0.15, -0.1) is 0 Å². The monoisotopic (exact) mass is 311 g/mol. The number of amides is 1. The van der Waals surface area contributed by atoms with Crippen molar-refractivity contribution in [2.75, 3.05) is 18.0 Å². The number of aromatic hydroxyl groups is 1. The molecule has 0 atom stereocenters. The van der Waals surface area contributed by atoms with E-state index in [1.165, 1.54) is 18.9 Å². The maximum absolute atomic E-state index is 12.2. The van der Waals surface area contributed by atoms with E-state index in [2.05, 4.69) is 15.2 Å². The van der Waals surface area contributed by atoms with Gasteiger partial charge in [0.25, 0.3) is 5.91 Å². The minimum absolute atomic E-state index is 0.00407. The van der Waals surface area contributed by atoms with Crippen LogP contribution < -0.4 is 10.2 Å². The summed E-state index contributed by atoms with van der Waals surface area (Å²) >= 11 is 0.